The van der Waals surface area contributed by atoms with Crippen LogP contribution >= 0.6 is 0 Å². The number of nitrogens with one attached hydrogen (secondary N) is 1. The van der Waals surface area contributed by atoms with E-state index >= 15 is 0 Å². The largest absolute Gasteiger partial charge is 0.383 e. The fraction of sp³-hybridized carbons (Fsp3) is 0.667. The highest BCUT2D eigenvalue weighted by molar-refractivity contribution is 5.16. The molecule has 1 atom stereocenters. The summed E-state index contributed by atoms with van der Waals surface area (Å²) in [5.74, 6) is 1.17. The molecule has 0 aliphatic rings. The van der Waals surface area contributed by atoms with Crippen LogP contribution in [0.25, 0.3) is 0 Å². The fourth-order valence-corrected chi connectivity index (χ4v) is 2.57. The quantitative estimate of drug-likeness (QED) is 0.622. The third-order valence-corrected chi connectivity index (χ3v) is 3.72. The first-order valence-electron chi connectivity index (χ1n) is 8.06. The number of rotatable bonds is 11. The Bertz CT molecular complexity index is 381. The maximum absolute atomic E-state index is 13.3. The molecule has 0 saturated heterocycles. The van der Waals surface area contributed by atoms with Crippen molar-refractivity contribution >= 4 is 0 Å². The van der Waals surface area contributed by atoms with Gasteiger partial charge in [-0.05, 0) is 48.9 Å². The van der Waals surface area contributed by atoms with E-state index in [1.54, 1.807) is 19.2 Å². The summed E-state index contributed by atoms with van der Waals surface area (Å²) in [4.78, 5) is 0. The number of hydrogen-bond acceptors (Lipinski definition) is 2. The molecule has 1 unspecified atom stereocenters. The Hall–Kier alpha value is -0.930. The van der Waals surface area contributed by atoms with E-state index in [2.05, 4.69) is 19.2 Å². The maximum atomic E-state index is 13.3. The third-order valence-electron chi connectivity index (χ3n) is 3.72. The van der Waals surface area contributed by atoms with Crippen molar-refractivity contribution < 1.29 is 9.13 Å². The average Bonchev–Trinajstić information content (AvgIpc) is 2.43. The molecule has 3 heteroatoms. The van der Waals surface area contributed by atoms with Crippen molar-refractivity contribution in [2.24, 2.45) is 11.8 Å². The summed E-state index contributed by atoms with van der Waals surface area (Å²) in [6, 6.07) is 6.99. The second-order valence-corrected chi connectivity index (χ2v) is 6.22. The molecule has 1 N–H and O–H groups in total. The molecule has 0 fully saturated rings. The van der Waals surface area contributed by atoms with Crippen LogP contribution < -0.4 is 5.32 Å². The number of ether oxygens (including phenoxy) is 1. The van der Waals surface area contributed by atoms with Crippen molar-refractivity contribution in [2.75, 3.05) is 26.8 Å². The van der Waals surface area contributed by atoms with Crippen LogP contribution in [0.15, 0.2) is 24.3 Å². The van der Waals surface area contributed by atoms with Crippen molar-refractivity contribution in [3.63, 3.8) is 0 Å². The summed E-state index contributed by atoms with van der Waals surface area (Å²) in [5.41, 5.74) is 1.10. The lowest BCUT2D eigenvalue weighted by Gasteiger charge is -2.18. The van der Waals surface area contributed by atoms with Gasteiger partial charge in [-0.25, -0.2) is 4.39 Å². The van der Waals surface area contributed by atoms with Gasteiger partial charge in [-0.1, -0.05) is 38.8 Å². The lowest BCUT2D eigenvalue weighted by atomic mass is 9.92. The predicted molar refractivity (Wildman–Crippen MR) is 87.0 cm³/mol. The minimum absolute atomic E-state index is 0.138. The SMILES string of the molecule is COCCNCC(CCCC(C)C)Cc1cccc(F)c1. The van der Waals surface area contributed by atoms with Gasteiger partial charge in [-0.15, -0.1) is 0 Å². The lowest BCUT2D eigenvalue weighted by Crippen LogP contribution is -2.27. The Balaban J connectivity index is 2.45. The second kappa shape index (κ2) is 10.7. The van der Waals surface area contributed by atoms with Gasteiger partial charge >= 0.3 is 0 Å². The molecule has 0 aliphatic heterocycles. The van der Waals surface area contributed by atoms with Crippen LogP contribution in [0.5, 0.6) is 0 Å². The van der Waals surface area contributed by atoms with Crippen LogP contribution in [-0.4, -0.2) is 26.8 Å². The lowest BCUT2D eigenvalue weighted by molar-refractivity contribution is 0.197. The molecule has 0 aromatic heterocycles. The molecule has 0 amide bonds. The molecule has 0 aliphatic carbocycles. The second-order valence-electron chi connectivity index (χ2n) is 6.22. The van der Waals surface area contributed by atoms with Gasteiger partial charge < -0.3 is 10.1 Å². The normalized spacial score (nSPS) is 12.8. The van der Waals surface area contributed by atoms with Gasteiger partial charge in [0.2, 0.25) is 0 Å². The van der Waals surface area contributed by atoms with Crippen LogP contribution in [0.1, 0.15) is 38.7 Å². The van der Waals surface area contributed by atoms with Crippen LogP contribution in [0.3, 0.4) is 0 Å². The average molecular weight is 295 g/mol. The first kappa shape index (κ1) is 18.1. The van der Waals surface area contributed by atoms with Crippen LogP contribution in [0.2, 0.25) is 0 Å². The molecular weight excluding hydrogens is 265 g/mol. The molecule has 0 bridgehead atoms. The van der Waals surface area contributed by atoms with E-state index in [4.69, 9.17) is 4.74 Å². The van der Waals surface area contributed by atoms with E-state index in [1.807, 2.05) is 6.07 Å². The van der Waals surface area contributed by atoms with Crippen molar-refractivity contribution in [2.45, 2.75) is 39.5 Å². The molecule has 0 spiro atoms. The van der Waals surface area contributed by atoms with Gasteiger partial charge in [-0.3, -0.25) is 0 Å². The number of methoxy groups -OCH3 is 1. The van der Waals surface area contributed by atoms with Crippen molar-refractivity contribution in [3.8, 4) is 0 Å². The monoisotopic (exact) mass is 295 g/mol. The van der Waals surface area contributed by atoms with Gasteiger partial charge in [0, 0.05) is 13.7 Å². The summed E-state index contributed by atoms with van der Waals surface area (Å²) in [6.07, 6.45) is 4.63. The highest BCUT2D eigenvalue weighted by Crippen LogP contribution is 2.17. The Morgan fingerprint density at radius 3 is 2.71 bits per heavy atom. The zero-order valence-electron chi connectivity index (χ0n) is 13.7. The first-order valence-corrected chi connectivity index (χ1v) is 8.06. The number of benzene rings is 1. The Morgan fingerprint density at radius 1 is 1.24 bits per heavy atom. The van der Waals surface area contributed by atoms with Crippen molar-refractivity contribution in [1.29, 1.82) is 0 Å². The Kier molecular flexibility index (Phi) is 9.27. The topological polar surface area (TPSA) is 21.3 Å². The molecule has 0 radical (unpaired) electrons. The number of hydrogen-bond donors (Lipinski definition) is 1. The van der Waals surface area contributed by atoms with Gasteiger partial charge in [0.15, 0.2) is 0 Å². The molecule has 21 heavy (non-hydrogen) atoms. The summed E-state index contributed by atoms with van der Waals surface area (Å²) in [6.45, 7) is 7.10. The van der Waals surface area contributed by atoms with E-state index in [0.29, 0.717) is 5.92 Å². The smallest absolute Gasteiger partial charge is 0.123 e. The Labute approximate surface area is 129 Å². The van der Waals surface area contributed by atoms with Gasteiger partial charge in [0.25, 0.3) is 0 Å². The van der Waals surface area contributed by atoms with Gasteiger partial charge in [-0.2, -0.15) is 0 Å². The molecule has 120 valence electrons. The summed E-state index contributed by atoms with van der Waals surface area (Å²) < 4.78 is 18.4. The summed E-state index contributed by atoms with van der Waals surface area (Å²) in [5, 5.41) is 3.44. The third kappa shape index (κ3) is 8.84. The van der Waals surface area contributed by atoms with E-state index in [0.717, 1.165) is 37.6 Å². The molecule has 1 aromatic rings. The van der Waals surface area contributed by atoms with E-state index in [9.17, 15) is 4.39 Å². The van der Waals surface area contributed by atoms with Crippen molar-refractivity contribution in [1.82, 2.24) is 5.32 Å². The van der Waals surface area contributed by atoms with Gasteiger partial charge in [0.05, 0.1) is 6.61 Å². The van der Waals surface area contributed by atoms with Gasteiger partial charge in [0.1, 0.15) is 5.82 Å². The standard InChI is InChI=1S/C18H30FNO/c1-15(2)6-4-8-17(14-20-10-11-21-3)12-16-7-5-9-18(19)13-16/h5,7,9,13,15,17,20H,4,6,8,10-12,14H2,1-3H3. The fourth-order valence-electron chi connectivity index (χ4n) is 2.57. The highest BCUT2D eigenvalue weighted by atomic mass is 19.1. The Morgan fingerprint density at radius 2 is 2.05 bits per heavy atom. The molecular formula is C18H30FNO. The van der Waals surface area contributed by atoms with E-state index < -0.39 is 0 Å². The van der Waals surface area contributed by atoms with Crippen LogP contribution in [0.4, 0.5) is 4.39 Å². The number of halogens is 1. The molecule has 1 rings (SSSR count). The van der Waals surface area contributed by atoms with E-state index in [1.165, 1.54) is 25.3 Å². The zero-order valence-corrected chi connectivity index (χ0v) is 13.7. The van der Waals surface area contributed by atoms with Crippen molar-refractivity contribution in [3.05, 3.63) is 35.6 Å². The molecule has 0 saturated carbocycles. The zero-order chi connectivity index (χ0) is 15.5. The predicted octanol–water partition coefficient (Wildman–Crippen LogP) is 4.05. The highest BCUT2D eigenvalue weighted by Gasteiger charge is 2.10. The first-order chi connectivity index (χ1) is 10.1. The van der Waals surface area contributed by atoms with Crippen LogP contribution in [0, 0.1) is 17.7 Å². The minimum Gasteiger partial charge on any atom is -0.383 e. The minimum atomic E-state index is -0.138. The molecule has 0 heterocycles. The summed E-state index contributed by atoms with van der Waals surface area (Å²) in [7, 11) is 1.72. The maximum Gasteiger partial charge on any atom is 0.123 e. The summed E-state index contributed by atoms with van der Waals surface area (Å²) >= 11 is 0. The molecule has 2 nitrogen and oxygen atoms in total. The van der Waals surface area contributed by atoms with E-state index in [-0.39, 0.29) is 5.82 Å². The molecule has 1 aromatic carbocycles. The van der Waals surface area contributed by atoms with Crippen LogP contribution in [-0.2, 0) is 11.2 Å².